The molecule has 1 aromatic heterocycles. The lowest BCUT2D eigenvalue weighted by atomic mass is 9.99. The van der Waals surface area contributed by atoms with E-state index >= 15 is 0 Å². The summed E-state index contributed by atoms with van der Waals surface area (Å²) in [5.41, 5.74) is 1.20. The molecule has 1 amide bonds. The number of hydrogen-bond acceptors (Lipinski definition) is 3. The van der Waals surface area contributed by atoms with E-state index in [9.17, 15) is 9.18 Å². The minimum atomic E-state index is -0.325. The molecule has 1 N–H and O–H groups in total. The Morgan fingerprint density at radius 2 is 2.29 bits per heavy atom. The van der Waals surface area contributed by atoms with Crippen molar-refractivity contribution >= 4 is 5.91 Å². The van der Waals surface area contributed by atoms with Crippen LogP contribution in [0.5, 0.6) is 0 Å². The van der Waals surface area contributed by atoms with E-state index in [1.54, 1.807) is 13.0 Å². The van der Waals surface area contributed by atoms with E-state index in [2.05, 4.69) is 15.2 Å². The number of H-pyrrole nitrogens is 1. The summed E-state index contributed by atoms with van der Waals surface area (Å²) < 4.78 is 13.2. The maximum atomic E-state index is 13.2. The number of aromatic nitrogens is 3. The molecule has 0 aliphatic carbocycles. The molecule has 1 atom stereocenters. The molecule has 2 heterocycles. The minimum absolute atomic E-state index is 0.0754. The lowest BCUT2D eigenvalue weighted by Crippen LogP contribution is -2.39. The van der Waals surface area contributed by atoms with E-state index in [4.69, 9.17) is 0 Å². The Hall–Kier alpha value is -2.24. The van der Waals surface area contributed by atoms with E-state index in [1.165, 1.54) is 18.5 Å². The summed E-state index contributed by atoms with van der Waals surface area (Å²) in [7, 11) is 0. The SMILES string of the molecule is Cc1cc(F)ccc1C(=O)N1CCCC[C@@H]1c1ncn[nH]1. The highest BCUT2D eigenvalue weighted by Gasteiger charge is 2.31. The number of nitrogens with zero attached hydrogens (tertiary/aromatic N) is 3. The Morgan fingerprint density at radius 3 is 3.00 bits per heavy atom. The molecule has 5 nitrogen and oxygen atoms in total. The van der Waals surface area contributed by atoms with Gasteiger partial charge in [0.2, 0.25) is 0 Å². The Bertz CT molecular complexity index is 641. The predicted octanol–water partition coefficient (Wildman–Crippen LogP) is 2.62. The average molecular weight is 288 g/mol. The lowest BCUT2D eigenvalue weighted by Gasteiger charge is -2.34. The van der Waals surface area contributed by atoms with Crippen LogP contribution in [0.1, 0.15) is 47.1 Å². The van der Waals surface area contributed by atoms with Crippen molar-refractivity contribution in [3.63, 3.8) is 0 Å². The average Bonchev–Trinajstić information content (AvgIpc) is 3.01. The molecular formula is C15H17FN4O. The number of hydrogen-bond donors (Lipinski definition) is 1. The first-order valence-electron chi connectivity index (χ1n) is 7.09. The number of halogens is 1. The van der Waals surface area contributed by atoms with Crippen LogP contribution in [0.2, 0.25) is 0 Å². The van der Waals surface area contributed by atoms with Gasteiger partial charge in [-0.25, -0.2) is 9.37 Å². The zero-order valence-electron chi connectivity index (χ0n) is 11.8. The summed E-state index contributed by atoms with van der Waals surface area (Å²) in [5, 5.41) is 6.72. The first kappa shape index (κ1) is 13.7. The van der Waals surface area contributed by atoms with E-state index < -0.39 is 0 Å². The molecule has 1 aliphatic rings. The van der Waals surface area contributed by atoms with Crippen LogP contribution in [0, 0.1) is 12.7 Å². The Morgan fingerprint density at radius 1 is 1.43 bits per heavy atom. The molecule has 0 bridgehead atoms. The quantitative estimate of drug-likeness (QED) is 0.924. The molecule has 1 saturated heterocycles. The monoisotopic (exact) mass is 288 g/mol. The molecule has 0 unspecified atom stereocenters. The molecule has 110 valence electrons. The van der Waals surface area contributed by atoms with Gasteiger partial charge >= 0.3 is 0 Å². The van der Waals surface area contributed by atoms with Crippen LogP contribution < -0.4 is 0 Å². The van der Waals surface area contributed by atoms with Crippen LogP contribution >= 0.6 is 0 Å². The molecule has 6 heteroatoms. The number of amides is 1. The molecule has 0 spiro atoms. The standard InChI is InChI=1S/C15H17FN4O/c1-10-8-11(16)5-6-12(10)15(21)20-7-3-2-4-13(20)14-17-9-18-19-14/h5-6,8-9,13H,2-4,7H2,1H3,(H,17,18,19)/t13-/m1/s1. The smallest absolute Gasteiger partial charge is 0.254 e. The van der Waals surface area contributed by atoms with E-state index in [1.807, 2.05) is 4.90 Å². The van der Waals surface area contributed by atoms with Crippen molar-refractivity contribution in [2.24, 2.45) is 0 Å². The highest BCUT2D eigenvalue weighted by molar-refractivity contribution is 5.95. The summed E-state index contributed by atoms with van der Waals surface area (Å²) in [6.45, 7) is 2.44. The summed E-state index contributed by atoms with van der Waals surface area (Å²) in [4.78, 5) is 18.8. The van der Waals surface area contributed by atoms with Crippen LogP contribution in [0.3, 0.4) is 0 Å². The highest BCUT2D eigenvalue weighted by Crippen LogP contribution is 2.30. The first-order valence-corrected chi connectivity index (χ1v) is 7.09. The number of carbonyl (C=O) groups is 1. The first-order chi connectivity index (χ1) is 10.2. The van der Waals surface area contributed by atoms with Gasteiger partial charge in [0.1, 0.15) is 18.0 Å². The van der Waals surface area contributed by atoms with Crippen LogP contribution in [-0.2, 0) is 0 Å². The van der Waals surface area contributed by atoms with Gasteiger partial charge in [-0.2, -0.15) is 5.10 Å². The van der Waals surface area contributed by atoms with Crippen molar-refractivity contribution in [3.05, 3.63) is 47.3 Å². The third-order valence-corrected chi connectivity index (χ3v) is 3.93. The van der Waals surface area contributed by atoms with E-state index in [0.29, 0.717) is 23.5 Å². The van der Waals surface area contributed by atoms with Crippen LogP contribution in [0.15, 0.2) is 24.5 Å². The van der Waals surface area contributed by atoms with Gasteiger partial charge in [-0.1, -0.05) is 0 Å². The number of aromatic amines is 1. The summed E-state index contributed by atoms with van der Waals surface area (Å²) in [5.74, 6) is 0.311. The minimum Gasteiger partial charge on any atom is -0.328 e. The largest absolute Gasteiger partial charge is 0.328 e. The molecule has 2 aromatic rings. The second kappa shape index (κ2) is 5.63. The number of likely N-dealkylation sites (tertiary alicyclic amines) is 1. The van der Waals surface area contributed by atoms with Gasteiger partial charge < -0.3 is 4.90 Å². The number of nitrogens with one attached hydrogen (secondary N) is 1. The number of rotatable bonds is 2. The van der Waals surface area contributed by atoms with E-state index in [0.717, 1.165) is 19.3 Å². The fourth-order valence-electron chi connectivity index (χ4n) is 2.86. The number of aryl methyl sites for hydroxylation is 1. The van der Waals surface area contributed by atoms with E-state index in [-0.39, 0.29) is 17.8 Å². The summed E-state index contributed by atoms with van der Waals surface area (Å²) >= 11 is 0. The molecular weight excluding hydrogens is 271 g/mol. The fourth-order valence-corrected chi connectivity index (χ4v) is 2.86. The third-order valence-electron chi connectivity index (χ3n) is 3.93. The number of benzene rings is 1. The van der Waals surface area contributed by atoms with Crippen molar-refractivity contribution in [3.8, 4) is 0 Å². The predicted molar refractivity (Wildman–Crippen MR) is 75.1 cm³/mol. The molecule has 0 saturated carbocycles. The lowest BCUT2D eigenvalue weighted by molar-refractivity contribution is 0.0599. The Balaban J connectivity index is 1.91. The maximum Gasteiger partial charge on any atom is 0.254 e. The molecule has 1 aliphatic heterocycles. The van der Waals surface area contributed by atoms with Crippen molar-refractivity contribution < 1.29 is 9.18 Å². The van der Waals surface area contributed by atoms with Crippen molar-refractivity contribution in [2.75, 3.05) is 6.54 Å². The highest BCUT2D eigenvalue weighted by atomic mass is 19.1. The number of piperidine rings is 1. The Kier molecular flexibility index (Phi) is 3.68. The molecule has 0 radical (unpaired) electrons. The second-order valence-corrected chi connectivity index (χ2v) is 5.34. The van der Waals surface area contributed by atoms with Gasteiger partial charge in [-0.15, -0.1) is 0 Å². The second-order valence-electron chi connectivity index (χ2n) is 5.34. The zero-order valence-corrected chi connectivity index (χ0v) is 11.8. The Labute approximate surface area is 122 Å². The maximum absolute atomic E-state index is 13.2. The van der Waals surface area contributed by atoms with Crippen molar-refractivity contribution in [1.29, 1.82) is 0 Å². The third kappa shape index (κ3) is 2.66. The molecule has 1 fully saturated rings. The molecule has 21 heavy (non-hydrogen) atoms. The topological polar surface area (TPSA) is 61.9 Å². The summed E-state index contributed by atoms with van der Waals surface area (Å²) in [6, 6.07) is 4.19. The van der Waals surface area contributed by atoms with Gasteiger partial charge in [-0.3, -0.25) is 9.89 Å². The molecule has 1 aromatic carbocycles. The van der Waals surface area contributed by atoms with Gasteiger partial charge in [0.15, 0.2) is 0 Å². The van der Waals surface area contributed by atoms with Gasteiger partial charge in [0.25, 0.3) is 5.91 Å². The van der Waals surface area contributed by atoms with Crippen molar-refractivity contribution in [2.45, 2.75) is 32.2 Å². The summed E-state index contributed by atoms with van der Waals surface area (Å²) in [6.07, 6.45) is 4.34. The van der Waals surface area contributed by atoms with Gasteiger partial charge in [-0.05, 0) is 49.9 Å². The fraction of sp³-hybridized carbons (Fsp3) is 0.400. The normalized spacial score (nSPS) is 18.8. The van der Waals surface area contributed by atoms with Crippen LogP contribution in [-0.4, -0.2) is 32.5 Å². The van der Waals surface area contributed by atoms with Crippen molar-refractivity contribution in [1.82, 2.24) is 20.1 Å². The van der Waals surface area contributed by atoms with Gasteiger partial charge in [0.05, 0.1) is 6.04 Å². The van der Waals surface area contributed by atoms with Crippen LogP contribution in [0.25, 0.3) is 0 Å². The van der Waals surface area contributed by atoms with Gasteiger partial charge in [0, 0.05) is 12.1 Å². The molecule has 3 rings (SSSR count). The van der Waals surface area contributed by atoms with Crippen LogP contribution in [0.4, 0.5) is 4.39 Å². The number of carbonyl (C=O) groups excluding carboxylic acids is 1. The zero-order chi connectivity index (χ0) is 14.8.